The van der Waals surface area contributed by atoms with E-state index in [1.165, 1.54) is 7.11 Å². The lowest BCUT2D eigenvalue weighted by Crippen LogP contribution is -2.57. The number of nitrogens with zero attached hydrogens (tertiary/aromatic N) is 4. The van der Waals surface area contributed by atoms with Crippen molar-refractivity contribution in [2.24, 2.45) is 0 Å². The number of halogens is 1. The number of nitrogens with one attached hydrogen (secondary N) is 1. The van der Waals surface area contributed by atoms with Crippen LogP contribution in [0.1, 0.15) is 37.1 Å². The first-order chi connectivity index (χ1) is 16.5. The van der Waals surface area contributed by atoms with E-state index in [9.17, 15) is 9.59 Å². The maximum Gasteiger partial charge on any atom is 0.407 e. The molecule has 174 valence electrons. The van der Waals surface area contributed by atoms with Crippen molar-refractivity contribution in [3.63, 3.8) is 0 Å². The van der Waals surface area contributed by atoms with Gasteiger partial charge in [0.25, 0.3) is 0 Å². The molecule has 9 heteroatoms. The lowest BCUT2D eigenvalue weighted by atomic mass is 9.62. The van der Waals surface area contributed by atoms with Crippen LogP contribution in [-0.4, -0.2) is 34.7 Å². The van der Waals surface area contributed by atoms with Gasteiger partial charge >= 0.3 is 6.09 Å². The number of imidazole rings is 1. The van der Waals surface area contributed by atoms with Crippen LogP contribution in [0.2, 0.25) is 5.02 Å². The van der Waals surface area contributed by atoms with Gasteiger partial charge < -0.3 is 19.5 Å². The van der Waals surface area contributed by atoms with Crippen molar-refractivity contribution in [1.82, 2.24) is 14.9 Å². The van der Waals surface area contributed by atoms with Gasteiger partial charge in [0.15, 0.2) is 0 Å². The highest BCUT2D eigenvalue weighted by Crippen LogP contribution is 2.53. The number of hydrogen-bond acceptors (Lipinski definition) is 5. The number of unbranched alkanes of at least 4 members (excludes halogenated alkanes) is 1. The number of carbonyl (C=O) groups is 2. The van der Waals surface area contributed by atoms with Crippen LogP contribution < -0.4 is 10.2 Å². The number of rotatable bonds is 6. The van der Waals surface area contributed by atoms with Crippen LogP contribution in [-0.2, 0) is 28.0 Å². The second-order valence-corrected chi connectivity index (χ2v) is 9.24. The molecule has 5 rings (SSSR count). The summed E-state index contributed by atoms with van der Waals surface area (Å²) in [7, 11) is 1.33. The molecular weight excluding hydrogens is 454 g/mol. The zero-order valence-corrected chi connectivity index (χ0v) is 19.5. The summed E-state index contributed by atoms with van der Waals surface area (Å²) < 4.78 is 6.78. The Morgan fingerprint density at radius 1 is 1.32 bits per heavy atom. The summed E-state index contributed by atoms with van der Waals surface area (Å²) in [6, 6.07) is 15.5. The van der Waals surface area contributed by atoms with Gasteiger partial charge in [-0.1, -0.05) is 29.8 Å². The SMILES string of the molecule is COC(=O)N[C@H]1C[C@]2(C1)C(=O)N(Cc1nc3cc(Cl)ccc3n1CCCC#N)c1ccccc12. The molecule has 0 radical (unpaired) electrons. The van der Waals surface area contributed by atoms with Crippen LogP contribution in [0.3, 0.4) is 0 Å². The molecule has 2 amide bonds. The van der Waals surface area contributed by atoms with Crippen molar-refractivity contribution < 1.29 is 14.3 Å². The molecule has 8 nitrogen and oxygen atoms in total. The number of aryl methyl sites for hydroxylation is 1. The maximum absolute atomic E-state index is 13.8. The molecule has 1 N–H and O–H groups in total. The van der Waals surface area contributed by atoms with Gasteiger partial charge in [0, 0.05) is 29.7 Å². The van der Waals surface area contributed by atoms with Gasteiger partial charge in [-0.15, -0.1) is 0 Å². The molecule has 1 saturated carbocycles. The first kappa shape index (κ1) is 22.2. The van der Waals surface area contributed by atoms with Crippen molar-refractivity contribution in [3.8, 4) is 6.07 Å². The minimum atomic E-state index is -0.650. The number of ether oxygens (including phenoxy) is 1. The van der Waals surface area contributed by atoms with Crippen molar-refractivity contribution in [2.45, 2.75) is 50.2 Å². The molecular formula is C25H24ClN5O3. The number of para-hydroxylation sites is 1. The van der Waals surface area contributed by atoms with Crippen LogP contribution in [0.5, 0.6) is 0 Å². The quantitative estimate of drug-likeness (QED) is 0.533. The van der Waals surface area contributed by atoms with Gasteiger partial charge in [-0.2, -0.15) is 5.26 Å². The monoisotopic (exact) mass is 477 g/mol. The third-order valence-corrected chi connectivity index (χ3v) is 7.06. The number of amides is 2. The summed E-state index contributed by atoms with van der Waals surface area (Å²) in [4.78, 5) is 32.0. The van der Waals surface area contributed by atoms with Crippen LogP contribution >= 0.6 is 11.6 Å². The van der Waals surface area contributed by atoms with E-state index in [1.807, 2.05) is 42.5 Å². The first-order valence-corrected chi connectivity index (χ1v) is 11.6. The minimum absolute atomic E-state index is 0.0188. The molecule has 0 saturated heterocycles. The summed E-state index contributed by atoms with van der Waals surface area (Å²) in [6.07, 6.45) is 1.70. The van der Waals surface area contributed by atoms with E-state index in [1.54, 1.807) is 4.90 Å². The highest BCUT2D eigenvalue weighted by Gasteiger charge is 2.58. The fourth-order valence-electron chi connectivity index (χ4n) is 5.24. The van der Waals surface area contributed by atoms with E-state index in [-0.39, 0.29) is 11.9 Å². The Bertz CT molecular complexity index is 1320. The zero-order valence-electron chi connectivity index (χ0n) is 18.8. The summed E-state index contributed by atoms with van der Waals surface area (Å²) in [5.74, 6) is 0.768. The van der Waals surface area contributed by atoms with Crippen molar-refractivity contribution >= 4 is 40.3 Å². The van der Waals surface area contributed by atoms with Gasteiger partial charge in [-0.05, 0) is 49.1 Å². The van der Waals surface area contributed by atoms with E-state index >= 15 is 0 Å². The van der Waals surface area contributed by atoms with Gasteiger partial charge in [-0.3, -0.25) is 4.79 Å². The number of methoxy groups -OCH3 is 1. The lowest BCUT2D eigenvalue weighted by Gasteiger charge is -2.43. The molecule has 1 spiro atoms. The zero-order chi connectivity index (χ0) is 23.9. The normalized spacial score (nSPS) is 20.8. The number of anilines is 1. The van der Waals surface area contributed by atoms with E-state index in [0.717, 1.165) is 28.1 Å². The molecule has 34 heavy (non-hydrogen) atoms. The standard InChI is InChI=1S/C25H24ClN5O3/c1-34-24(33)28-17-13-25(14-17)18-6-2-3-7-20(18)31(23(25)32)15-22-29-19-12-16(26)8-9-21(19)30(22)11-5-4-10-27/h2-3,6-9,12,17H,4-5,11,13-15H2,1H3,(H,28,33)/t17-,25+. The summed E-state index contributed by atoms with van der Waals surface area (Å²) in [6.45, 7) is 0.937. The molecule has 2 aromatic carbocycles. The highest BCUT2D eigenvalue weighted by molar-refractivity contribution is 6.31. The minimum Gasteiger partial charge on any atom is -0.453 e. The van der Waals surface area contributed by atoms with E-state index in [2.05, 4.69) is 16.0 Å². The Morgan fingerprint density at radius 3 is 2.88 bits per heavy atom. The molecule has 1 fully saturated rings. The van der Waals surface area contributed by atoms with E-state index in [0.29, 0.717) is 43.8 Å². The summed E-state index contributed by atoms with van der Waals surface area (Å²) >= 11 is 6.20. The van der Waals surface area contributed by atoms with Gasteiger partial charge in [-0.25, -0.2) is 9.78 Å². The molecule has 1 aromatic heterocycles. The molecule has 0 atom stereocenters. The largest absolute Gasteiger partial charge is 0.453 e. The predicted molar refractivity (Wildman–Crippen MR) is 127 cm³/mol. The highest BCUT2D eigenvalue weighted by atomic mass is 35.5. The lowest BCUT2D eigenvalue weighted by molar-refractivity contribution is -0.127. The van der Waals surface area contributed by atoms with E-state index < -0.39 is 11.5 Å². The Balaban J connectivity index is 1.47. The topological polar surface area (TPSA) is 100 Å². The van der Waals surface area contributed by atoms with Gasteiger partial charge in [0.2, 0.25) is 5.91 Å². The van der Waals surface area contributed by atoms with Crippen molar-refractivity contribution in [2.75, 3.05) is 12.0 Å². The number of carbonyl (C=O) groups excluding carboxylic acids is 2. The average molecular weight is 478 g/mol. The first-order valence-electron chi connectivity index (χ1n) is 11.2. The van der Waals surface area contributed by atoms with Crippen LogP contribution in [0, 0.1) is 11.3 Å². The average Bonchev–Trinajstić information content (AvgIpc) is 3.26. The van der Waals surface area contributed by atoms with Crippen molar-refractivity contribution in [1.29, 1.82) is 5.26 Å². The second kappa shape index (κ2) is 8.65. The van der Waals surface area contributed by atoms with Crippen LogP contribution in [0.4, 0.5) is 10.5 Å². The molecule has 2 aliphatic rings. The van der Waals surface area contributed by atoms with Crippen LogP contribution in [0.15, 0.2) is 42.5 Å². The maximum atomic E-state index is 13.8. The number of hydrogen-bond donors (Lipinski definition) is 1. The molecule has 3 aromatic rings. The number of alkyl carbamates (subject to hydrolysis) is 1. The number of benzene rings is 2. The Labute approximate surface area is 202 Å². The molecule has 1 aliphatic heterocycles. The second-order valence-electron chi connectivity index (χ2n) is 8.81. The summed E-state index contributed by atoms with van der Waals surface area (Å²) in [5, 5.41) is 12.4. The Hall–Kier alpha value is -3.57. The number of nitriles is 1. The fraction of sp³-hybridized carbons (Fsp3) is 0.360. The summed E-state index contributed by atoms with van der Waals surface area (Å²) in [5.41, 5.74) is 2.90. The third kappa shape index (κ3) is 3.57. The van der Waals surface area contributed by atoms with Crippen molar-refractivity contribution in [3.05, 3.63) is 58.9 Å². The van der Waals surface area contributed by atoms with Gasteiger partial charge in [0.05, 0.1) is 36.2 Å². The Morgan fingerprint density at radius 2 is 2.12 bits per heavy atom. The molecule has 0 unspecified atom stereocenters. The third-order valence-electron chi connectivity index (χ3n) is 6.82. The molecule has 2 heterocycles. The van der Waals surface area contributed by atoms with E-state index in [4.69, 9.17) is 26.6 Å². The number of fused-ring (bicyclic) bond motifs is 3. The smallest absolute Gasteiger partial charge is 0.407 e. The number of aromatic nitrogens is 2. The molecule has 0 bridgehead atoms. The van der Waals surface area contributed by atoms with Gasteiger partial charge in [0.1, 0.15) is 5.82 Å². The Kier molecular flexibility index (Phi) is 5.66. The molecule has 1 aliphatic carbocycles. The predicted octanol–water partition coefficient (Wildman–Crippen LogP) is 4.30. The van der Waals surface area contributed by atoms with Crippen LogP contribution in [0.25, 0.3) is 11.0 Å². The fourth-order valence-corrected chi connectivity index (χ4v) is 5.40.